The van der Waals surface area contributed by atoms with Gasteiger partial charge in [-0.1, -0.05) is 0 Å². The first-order valence-corrected chi connectivity index (χ1v) is 6.81. The van der Waals surface area contributed by atoms with Gasteiger partial charge >= 0.3 is 15.9 Å². The summed E-state index contributed by atoms with van der Waals surface area (Å²) in [5.74, 6) is -0.759. The summed E-state index contributed by atoms with van der Waals surface area (Å²) in [7, 11) is -1.90. The maximum atomic E-state index is 12.5. The van der Waals surface area contributed by atoms with Crippen LogP contribution < -0.4 is 11.2 Å². The molecule has 2 heterocycles. The molecule has 0 aliphatic carbocycles. The minimum Gasteiger partial charge on any atom is -0.324 e. The molecule has 2 rings (SSSR count). The van der Waals surface area contributed by atoms with E-state index in [0.29, 0.717) is 0 Å². The van der Waals surface area contributed by atoms with Crippen LogP contribution in [0, 0.1) is 0 Å². The first-order valence-electron chi connectivity index (χ1n) is 5.25. The van der Waals surface area contributed by atoms with Crippen molar-refractivity contribution in [3.8, 4) is 0 Å². The van der Waals surface area contributed by atoms with Crippen LogP contribution >= 0.6 is 0 Å². The quantitative estimate of drug-likeness (QED) is 0.657. The van der Waals surface area contributed by atoms with Crippen molar-refractivity contribution in [3.63, 3.8) is 0 Å². The number of fused-ring (bicyclic) bond motifs is 1. The van der Waals surface area contributed by atoms with Crippen molar-refractivity contribution in [2.45, 2.75) is 6.54 Å². The summed E-state index contributed by atoms with van der Waals surface area (Å²) < 4.78 is 36.8. The van der Waals surface area contributed by atoms with Crippen molar-refractivity contribution in [1.29, 1.82) is 0 Å². The third-order valence-corrected chi connectivity index (χ3v) is 3.46. The summed E-state index contributed by atoms with van der Waals surface area (Å²) >= 11 is 0. The van der Waals surface area contributed by atoms with Gasteiger partial charge in [-0.25, -0.2) is 9.78 Å². The molecule has 0 aliphatic heterocycles. The minimum absolute atomic E-state index is 0.0632. The molecule has 0 aromatic carbocycles. The summed E-state index contributed by atoms with van der Waals surface area (Å²) in [6, 6.07) is 0. The van der Waals surface area contributed by atoms with E-state index in [4.69, 9.17) is 0 Å². The number of hydrogen-bond donors (Lipinski definition) is 0. The smallest absolute Gasteiger partial charge is 0.324 e. The average Bonchev–Trinajstić information content (AvgIpc) is 2.74. The van der Waals surface area contributed by atoms with Gasteiger partial charge in [0.15, 0.2) is 11.2 Å². The Kier molecular flexibility index (Phi) is 3.04. The molecule has 8 nitrogen and oxygen atoms in total. The summed E-state index contributed by atoms with van der Waals surface area (Å²) in [5.41, 5.74) is -0.953. The second kappa shape index (κ2) is 4.30. The molecule has 0 radical (unpaired) electrons. The van der Waals surface area contributed by atoms with Crippen molar-refractivity contribution in [3.05, 3.63) is 27.2 Å². The van der Waals surface area contributed by atoms with E-state index in [1.807, 2.05) is 0 Å². The lowest BCUT2D eigenvalue weighted by atomic mass is 10.5. The van der Waals surface area contributed by atoms with E-state index in [9.17, 15) is 21.9 Å². The molecule has 0 saturated carbocycles. The Morgan fingerprint density at radius 1 is 1.26 bits per heavy atom. The Hall–Kier alpha value is -1.97. The predicted octanol–water partition coefficient (Wildman–Crippen LogP) is -1.27. The molecule has 0 bridgehead atoms. The van der Waals surface area contributed by atoms with Gasteiger partial charge in [0.1, 0.15) is 0 Å². The van der Waals surface area contributed by atoms with Gasteiger partial charge in [-0.2, -0.15) is 8.42 Å². The molecule has 0 unspecified atom stereocenters. The number of aromatic nitrogens is 4. The molecule has 0 saturated heterocycles. The van der Waals surface area contributed by atoms with Crippen molar-refractivity contribution >= 4 is 21.4 Å². The van der Waals surface area contributed by atoms with Crippen LogP contribution in [-0.4, -0.2) is 32.9 Å². The maximum Gasteiger partial charge on any atom is 0.332 e. The highest BCUT2D eigenvalue weighted by molar-refractivity contribution is 7.86. The highest BCUT2D eigenvalue weighted by Gasteiger charge is 2.15. The van der Waals surface area contributed by atoms with Crippen LogP contribution in [0.5, 0.6) is 0 Å². The molecular formula is C9H11FN4O4S. The lowest BCUT2D eigenvalue weighted by molar-refractivity contribution is 0.546. The Bertz CT molecular complexity index is 861. The standard InChI is InChI=1S/C9H11FN4O4S/c1-12-7-6(8(15)13(2)9(12)16)14(5-11-7)3-4-19(10,17)18/h5H,3-4H2,1-2H3. The van der Waals surface area contributed by atoms with Gasteiger partial charge in [0, 0.05) is 20.6 Å². The van der Waals surface area contributed by atoms with Gasteiger partial charge in [-0.05, 0) is 0 Å². The second-order valence-corrected chi connectivity index (χ2v) is 5.54. The zero-order valence-corrected chi connectivity index (χ0v) is 11.0. The molecular weight excluding hydrogens is 279 g/mol. The first-order chi connectivity index (χ1) is 8.72. The van der Waals surface area contributed by atoms with E-state index >= 15 is 0 Å². The van der Waals surface area contributed by atoms with Crippen LogP contribution in [0.2, 0.25) is 0 Å². The number of rotatable bonds is 3. The summed E-state index contributed by atoms with van der Waals surface area (Å²) in [4.78, 5) is 27.5. The fraction of sp³-hybridized carbons (Fsp3) is 0.444. The van der Waals surface area contributed by atoms with E-state index in [1.165, 1.54) is 25.0 Å². The Balaban J connectivity index is 2.67. The molecule has 2 aromatic rings. The second-order valence-electron chi connectivity index (χ2n) is 4.06. The van der Waals surface area contributed by atoms with Crippen LogP contribution in [-0.2, 0) is 30.9 Å². The normalized spacial score (nSPS) is 12.2. The van der Waals surface area contributed by atoms with Crippen molar-refractivity contribution in [2.24, 2.45) is 14.1 Å². The number of aryl methyl sites for hydroxylation is 2. The summed E-state index contributed by atoms with van der Waals surface area (Å²) in [5, 5.41) is 0. The largest absolute Gasteiger partial charge is 0.332 e. The van der Waals surface area contributed by atoms with Crippen molar-refractivity contribution < 1.29 is 12.3 Å². The first kappa shape index (κ1) is 13.5. The molecule has 0 N–H and O–H groups in total. The number of hydrogen-bond acceptors (Lipinski definition) is 5. The van der Waals surface area contributed by atoms with E-state index in [0.717, 1.165) is 9.13 Å². The molecule has 104 valence electrons. The lowest BCUT2D eigenvalue weighted by Crippen LogP contribution is -2.37. The molecule has 0 spiro atoms. The van der Waals surface area contributed by atoms with Crippen molar-refractivity contribution in [2.75, 3.05) is 5.75 Å². The molecule has 2 aromatic heterocycles. The maximum absolute atomic E-state index is 12.5. The van der Waals surface area contributed by atoms with E-state index < -0.39 is 27.2 Å². The average molecular weight is 290 g/mol. The monoisotopic (exact) mass is 290 g/mol. The fourth-order valence-corrected chi connectivity index (χ4v) is 2.19. The molecule has 0 fully saturated rings. The molecule has 10 heteroatoms. The molecule has 0 aliphatic rings. The minimum atomic E-state index is -4.64. The van der Waals surface area contributed by atoms with Crippen LogP contribution in [0.1, 0.15) is 0 Å². The van der Waals surface area contributed by atoms with E-state index in [1.54, 1.807) is 0 Å². The summed E-state index contributed by atoms with van der Waals surface area (Å²) in [6.45, 7) is -0.247. The molecule has 0 amide bonds. The summed E-state index contributed by atoms with van der Waals surface area (Å²) in [6.07, 6.45) is 1.21. The van der Waals surface area contributed by atoms with Gasteiger partial charge in [0.25, 0.3) is 5.56 Å². The van der Waals surface area contributed by atoms with Crippen molar-refractivity contribution in [1.82, 2.24) is 18.7 Å². The van der Waals surface area contributed by atoms with Crippen LogP contribution in [0.4, 0.5) is 3.89 Å². The third-order valence-electron chi connectivity index (χ3n) is 2.79. The number of nitrogens with zero attached hydrogens (tertiary/aromatic N) is 4. The Morgan fingerprint density at radius 3 is 2.47 bits per heavy atom. The van der Waals surface area contributed by atoms with Gasteiger partial charge in [-0.3, -0.25) is 13.9 Å². The number of halogens is 1. The van der Waals surface area contributed by atoms with Gasteiger partial charge in [0.2, 0.25) is 0 Å². The SMILES string of the molecule is Cn1c(=O)c2c(ncn2CCS(=O)(=O)F)n(C)c1=O. The molecule has 0 atom stereocenters. The van der Waals surface area contributed by atoms with Gasteiger partial charge in [-0.15, -0.1) is 3.89 Å². The van der Waals surface area contributed by atoms with Crippen LogP contribution in [0.3, 0.4) is 0 Å². The zero-order chi connectivity index (χ0) is 14.4. The van der Waals surface area contributed by atoms with Gasteiger partial charge < -0.3 is 4.57 Å². The zero-order valence-electron chi connectivity index (χ0n) is 10.2. The number of imidazole rings is 1. The predicted molar refractivity (Wildman–Crippen MR) is 65.1 cm³/mol. The van der Waals surface area contributed by atoms with E-state index in [2.05, 4.69) is 4.98 Å². The highest BCUT2D eigenvalue weighted by atomic mass is 32.3. The van der Waals surface area contributed by atoms with Crippen LogP contribution in [0.15, 0.2) is 15.9 Å². The molecule has 19 heavy (non-hydrogen) atoms. The van der Waals surface area contributed by atoms with E-state index in [-0.39, 0.29) is 17.7 Å². The topological polar surface area (TPSA) is 96.0 Å². The Morgan fingerprint density at radius 2 is 1.89 bits per heavy atom. The highest BCUT2D eigenvalue weighted by Crippen LogP contribution is 2.06. The lowest BCUT2D eigenvalue weighted by Gasteiger charge is -2.05. The Labute approximate surface area is 106 Å². The third kappa shape index (κ3) is 2.30. The fourth-order valence-electron chi connectivity index (χ4n) is 1.77. The van der Waals surface area contributed by atoms with Crippen LogP contribution in [0.25, 0.3) is 11.2 Å². The van der Waals surface area contributed by atoms with Gasteiger partial charge in [0.05, 0.1) is 12.1 Å².